The van der Waals surface area contributed by atoms with Crippen molar-refractivity contribution in [1.29, 1.82) is 0 Å². The smallest absolute Gasteiger partial charge is 0.330 e. The summed E-state index contributed by atoms with van der Waals surface area (Å²) in [5.41, 5.74) is -1.26. The van der Waals surface area contributed by atoms with Crippen molar-refractivity contribution >= 4 is 14.3 Å². The lowest BCUT2D eigenvalue weighted by Crippen LogP contribution is -2.54. The van der Waals surface area contributed by atoms with E-state index in [1.54, 1.807) is 6.92 Å². The Labute approximate surface area is 182 Å². The standard InChI is InChI=1S/C20H34N2O8Si/c1-8-28-14(24)9-11-20(26)16(30-31(6,7)19(2,3)4)15(27-5)17(29-20)22-12-10-13(23)21-18(22)25/h10,12,15-17,26H,8-9,11H2,1-7H3,(H,21,23,25). The SMILES string of the molecule is CCOC(=O)CCC1(O)OC(n2ccc(=O)[nH]c2=O)C(OC)C1O[Si](C)(C)C(C)(C)C. The van der Waals surface area contributed by atoms with E-state index in [1.807, 2.05) is 13.1 Å². The molecular weight excluding hydrogens is 424 g/mol. The highest BCUT2D eigenvalue weighted by Crippen LogP contribution is 2.46. The molecule has 1 fully saturated rings. The van der Waals surface area contributed by atoms with Crippen molar-refractivity contribution in [3.63, 3.8) is 0 Å². The van der Waals surface area contributed by atoms with Crippen molar-refractivity contribution in [1.82, 2.24) is 9.55 Å². The Bertz CT molecular complexity index is 890. The van der Waals surface area contributed by atoms with Gasteiger partial charge in [0, 0.05) is 25.8 Å². The molecule has 1 aromatic heterocycles. The second-order valence-electron chi connectivity index (χ2n) is 9.17. The summed E-state index contributed by atoms with van der Waals surface area (Å²) in [6, 6.07) is 1.18. The van der Waals surface area contributed by atoms with E-state index in [0.29, 0.717) is 0 Å². The second-order valence-corrected chi connectivity index (χ2v) is 13.9. The van der Waals surface area contributed by atoms with Gasteiger partial charge in [0.05, 0.1) is 13.0 Å². The van der Waals surface area contributed by atoms with Crippen LogP contribution >= 0.6 is 0 Å². The fraction of sp³-hybridized carbons (Fsp3) is 0.750. The number of ether oxygens (including phenoxy) is 3. The monoisotopic (exact) mass is 458 g/mol. The molecule has 31 heavy (non-hydrogen) atoms. The van der Waals surface area contributed by atoms with Crippen molar-refractivity contribution < 1.29 is 28.5 Å². The molecule has 0 aliphatic carbocycles. The van der Waals surface area contributed by atoms with Gasteiger partial charge in [0.1, 0.15) is 12.2 Å². The van der Waals surface area contributed by atoms with Gasteiger partial charge in [-0.05, 0) is 25.1 Å². The molecule has 176 valence electrons. The first-order chi connectivity index (χ1) is 14.3. The van der Waals surface area contributed by atoms with Crippen LogP contribution in [0, 0.1) is 0 Å². The Morgan fingerprint density at radius 3 is 2.52 bits per heavy atom. The van der Waals surface area contributed by atoms with Crippen LogP contribution < -0.4 is 11.2 Å². The minimum absolute atomic E-state index is 0.106. The third-order valence-electron chi connectivity index (χ3n) is 5.97. The topological polar surface area (TPSA) is 129 Å². The third-order valence-corrected chi connectivity index (χ3v) is 10.4. The number of carbonyl (C=O) groups is 1. The summed E-state index contributed by atoms with van der Waals surface area (Å²) < 4.78 is 24.1. The molecule has 1 aliphatic rings. The molecular formula is C20H34N2O8Si. The number of aliphatic hydroxyl groups is 1. The molecule has 1 aliphatic heterocycles. The van der Waals surface area contributed by atoms with Gasteiger partial charge >= 0.3 is 11.7 Å². The molecule has 4 unspecified atom stereocenters. The lowest BCUT2D eigenvalue weighted by molar-refractivity contribution is -0.240. The summed E-state index contributed by atoms with van der Waals surface area (Å²) in [6.07, 6.45) is -1.86. The van der Waals surface area contributed by atoms with Gasteiger partial charge in [-0.15, -0.1) is 0 Å². The van der Waals surface area contributed by atoms with Gasteiger partial charge in [0.15, 0.2) is 20.3 Å². The van der Waals surface area contributed by atoms with Gasteiger partial charge in [-0.25, -0.2) is 4.79 Å². The van der Waals surface area contributed by atoms with Crippen molar-refractivity contribution in [2.75, 3.05) is 13.7 Å². The molecule has 2 heterocycles. The summed E-state index contributed by atoms with van der Waals surface area (Å²) in [4.78, 5) is 38.0. The molecule has 4 atom stereocenters. The number of aromatic amines is 1. The number of rotatable bonds is 8. The third kappa shape index (κ3) is 5.53. The molecule has 0 radical (unpaired) electrons. The largest absolute Gasteiger partial charge is 0.466 e. The zero-order valence-corrected chi connectivity index (χ0v) is 20.3. The molecule has 0 aromatic carbocycles. The first-order valence-corrected chi connectivity index (χ1v) is 13.2. The van der Waals surface area contributed by atoms with Gasteiger partial charge in [-0.3, -0.25) is 19.1 Å². The zero-order valence-electron chi connectivity index (χ0n) is 19.3. The highest BCUT2D eigenvalue weighted by atomic mass is 28.4. The van der Waals surface area contributed by atoms with Crippen molar-refractivity contribution in [2.45, 2.75) is 82.9 Å². The average molecular weight is 459 g/mol. The van der Waals surface area contributed by atoms with Crippen LogP contribution in [-0.4, -0.2) is 60.7 Å². The Morgan fingerprint density at radius 2 is 2.00 bits per heavy atom. The van der Waals surface area contributed by atoms with E-state index in [4.69, 9.17) is 18.6 Å². The normalized spacial score (nSPS) is 26.8. The minimum Gasteiger partial charge on any atom is -0.466 e. The fourth-order valence-electron chi connectivity index (χ4n) is 3.20. The van der Waals surface area contributed by atoms with Crippen LogP contribution in [0.3, 0.4) is 0 Å². The number of nitrogens with zero attached hydrogens (tertiary/aromatic N) is 1. The average Bonchev–Trinajstić information content (AvgIpc) is 2.91. The number of aromatic nitrogens is 2. The maximum absolute atomic E-state index is 12.4. The van der Waals surface area contributed by atoms with E-state index in [0.717, 1.165) is 4.57 Å². The molecule has 0 spiro atoms. The number of hydrogen-bond donors (Lipinski definition) is 2. The van der Waals surface area contributed by atoms with Crippen molar-refractivity contribution in [3.05, 3.63) is 33.1 Å². The lowest BCUT2D eigenvalue weighted by Gasteiger charge is -2.42. The highest BCUT2D eigenvalue weighted by molar-refractivity contribution is 6.74. The summed E-state index contributed by atoms with van der Waals surface area (Å²) in [6.45, 7) is 12.1. The van der Waals surface area contributed by atoms with Crippen LogP contribution in [0.5, 0.6) is 0 Å². The number of methoxy groups -OCH3 is 1. The molecule has 2 N–H and O–H groups in total. The van der Waals surface area contributed by atoms with Crippen LogP contribution in [0.25, 0.3) is 0 Å². The van der Waals surface area contributed by atoms with Crippen LogP contribution in [0.15, 0.2) is 21.9 Å². The zero-order chi connectivity index (χ0) is 23.6. The predicted molar refractivity (Wildman–Crippen MR) is 115 cm³/mol. The molecule has 0 saturated carbocycles. The van der Waals surface area contributed by atoms with E-state index in [1.165, 1.54) is 19.4 Å². The van der Waals surface area contributed by atoms with E-state index in [2.05, 4.69) is 25.8 Å². The van der Waals surface area contributed by atoms with E-state index >= 15 is 0 Å². The molecule has 11 heteroatoms. The highest BCUT2D eigenvalue weighted by Gasteiger charge is 2.59. The number of nitrogens with one attached hydrogen (secondary N) is 1. The van der Waals surface area contributed by atoms with Gasteiger partial charge in [0.2, 0.25) is 0 Å². The lowest BCUT2D eigenvalue weighted by atomic mass is 10.0. The van der Waals surface area contributed by atoms with Crippen LogP contribution in [0.4, 0.5) is 0 Å². The van der Waals surface area contributed by atoms with E-state index in [-0.39, 0.29) is 24.5 Å². The van der Waals surface area contributed by atoms with E-state index < -0.39 is 49.8 Å². The summed E-state index contributed by atoms with van der Waals surface area (Å²) in [7, 11) is -0.995. The summed E-state index contributed by atoms with van der Waals surface area (Å²) in [5.74, 6) is -2.40. The molecule has 2 rings (SSSR count). The molecule has 0 bridgehead atoms. The van der Waals surface area contributed by atoms with E-state index in [9.17, 15) is 19.5 Å². The molecule has 10 nitrogen and oxygen atoms in total. The fourth-order valence-corrected chi connectivity index (χ4v) is 4.51. The first-order valence-electron chi connectivity index (χ1n) is 10.3. The minimum atomic E-state index is -2.42. The molecule has 1 aromatic rings. The van der Waals surface area contributed by atoms with Crippen molar-refractivity contribution in [2.24, 2.45) is 0 Å². The second kappa shape index (κ2) is 9.37. The number of carbonyl (C=O) groups excluding carboxylic acids is 1. The van der Waals surface area contributed by atoms with Gasteiger partial charge in [-0.1, -0.05) is 20.8 Å². The molecule has 0 amide bonds. The number of hydrogen-bond acceptors (Lipinski definition) is 8. The maximum Gasteiger partial charge on any atom is 0.330 e. The Balaban J connectivity index is 2.47. The number of H-pyrrole nitrogens is 1. The summed E-state index contributed by atoms with van der Waals surface area (Å²) in [5, 5.41) is 11.3. The predicted octanol–water partition coefficient (Wildman–Crippen LogP) is 1.50. The van der Waals surface area contributed by atoms with Crippen molar-refractivity contribution in [3.8, 4) is 0 Å². The van der Waals surface area contributed by atoms with Gasteiger partial charge in [-0.2, -0.15) is 0 Å². The van der Waals surface area contributed by atoms with Crippen LogP contribution in [0.1, 0.15) is 46.8 Å². The van der Waals surface area contributed by atoms with Gasteiger partial charge < -0.3 is 23.7 Å². The van der Waals surface area contributed by atoms with Crippen LogP contribution in [0.2, 0.25) is 18.1 Å². The maximum atomic E-state index is 12.4. The molecule has 1 saturated heterocycles. The van der Waals surface area contributed by atoms with Crippen LogP contribution in [-0.2, 0) is 23.4 Å². The first kappa shape index (κ1) is 25.5. The number of esters is 1. The Kier molecular flexibility index (Phi) is 7.70. The summed E-state index contributed by atoms with van der Waals surface area (Å²) >= 11 is 0. The quantitative estimate of drug-likeness (QED) is 0.443. The van der Waals surface area contributed by atoms with Gasteiger partial charge in [0.25, 0.3) is 5.56 Å². The Morgan fingerprint density at radius 1 is 1.35 bits per heavy atom. The Hall–Kier alpha value is -1.79.